The number of nitro groups is 1. The molecule has 0 unspecified atom stereocenters. The first-order valence-corrected chi connectivity index (χ1v) is 6.72. The van der Waals surface area contributed by atoms with E-state index in [9.17, 15) is 15.2 Å². The van der Waals surface area contributed by atoms with Crippen molar-refractivity contribution in [2.45, 2.75) is 0 Å². The number of aromatic hydroxyl groups is 1. The first kappa shape index (κ1) is 15.7. The van der Waals surface area contributed by atoms with Crippen LogP contribution < -0.4 is 10.6 Å². The van der Waals surface area contributed by atoms with E-state index in [0.29, 0.717) is 21.4 Å². The first-order chi connectivity index (χ1) is 10.5. The number of nitrogens with two attached hydrogens (primary N) is 1. The van der Waals surface area contributed by atoms with Gasteiger partial charge in [0.2, 0.25) is 0 Å². The topological polar surface area (TPSA) is 124 Å². The van der Waals surface area contributed by atoms with Gasteiger partial charge in [0.05, 0.1) is 17.7 Å². The van der Waals surface area contributed by atoms with Crippen molar-refractivity contribution in [2.75, 3.05) is 7.11 Å². The van der Waals surface area contributed by atoms with Gasteiger partial charge in [-0.15, -0.1) is 0 Å². The Morgan fingerprint density at radius 2 is 2.23 bits per heavy atom. The molecule has 0 aliphatic rings. The molecular formula is C13H11BrN4O4. The van der Waals surface area contributed by atoms with Gasteiger partial charge in [0.25, 0.3) is 5.69 Å². The Morgan fingerprint density at radius 3 is 2.73 bits per heavy atom. The van der Waals surface area contributed by atoms with Gasteiger partial charge < -0.3 is 15.7 Å². The molecule has 114 valence electrons. The van der Waals surface area contributed by atoms with Crippen molar-refractivity contribution in [3.05, 3.63) is 56.3 Å². The Kier molecular flexibility index (Phi) is 4.56. The summed E-state index contributed by atoms with van der Waals surface area (Å²) in [6.07, 6.45) is 1.12. The Bertz CT molecular complexity index is 746. The predicted molar refractivity (Wildman–Crippen MR) is 83.1 cm³/mol. The minimum atomic E-state index is -0.546. The number of pyridine rings is 1. The number of nitrogens with zero attached hydrogens (tertiary/aromatic N) is 3. The number of hydrogen-bond acceptors (Lipinski definition) is 7. The number of hydrazone groups is 1. The van der Waals surface area contributed by atoms with E-state index in [0.717, 1.165) is 6.20 Å². The van der Waals surface area contributed by atoms with Crippen molar-refractivity contribution < 1.29 is 14.8 Å². The lowest BCUT2D eigenvalue weighted by Crippen LogP contribution is -2.10. The zero-order chi connectivity index (χ0) is 16.3. The van der Waals surface area contributed by atoms with E-state index >= 15 is 0 Å². The van der Waals surface area contributed by atoms with E-state index in [1.54, 1.807) is 0 Å². The average Bonchev–Trinajstić information content (AvgIpc) is 2.50. The largest absolute Gasteiger partial charge is 0.504 e. The summed E-state index contributed by atoms with van der Waals surface area (Å²) in [6.45, 7) is 0. The zero-order valence-electron chi connectivity index (χ0n) is 11.4. The van der Waals surface area contributed by atoms with Gasteiger partial charge in [0.15, 0.2) is 11.5 Å². The van der Waals surface area contributed by atoms with E-state index < -0.39 is 4.92 Å². The molecule has 1 heterocycles. The maximum atomic E-state index is 10.7. The normalized spacial score (nSPS) is 11.3. The van der Waals surface area contributed by atoms with Crippen LogP contribution in [0.25, 0.3) is 0 Å². The van der Waals surface area contributed by atoms with E-state index in [4.69, 9.17) is 10.6 Å². The highest BCUT2D eigenvalue weighted by molar-refractivity contribution is 9.10. The van der Waals surface area contributed by atoms with Gasteiger partial charge in [-0.25, -0.2) is 4.98 Å². The van der Waals surface area contributed by atoms with Crippen LogP contribution in [0.4, 0.5) is 5.69 Å². The van der Waals surface area contributed by atoms with Gasteiger partial charge in [-0.1, -0.05) is 0 Å². The third-order valence-corrected chi connectivity index (χ3v) is 3.51. The number of ether oxygens (including phenoxy) is 1. The summed E-state index contributed by atoms with van der Waals surface area (Å²) in [5.41, 5.74) is 1.03. The summed E-state index contributed by atoms with van der Waals surface area (Å²) in [4.78, 5) is 14.1. The minimum absolute atomic E-state index is 0.0499. The minimum Gasteiger partial charge on any atom is -0.504 e. The quantitative estimate of drug-likeness (QED) is 0.369. The highest BCUT2D eigenvalue weighted by Gasteiger charge is 2.17. The smallest absolute Gasteiger partial charge is 0.287 e. The molecule has 1 aromatic carbocycles. The molecule has 2 aromatic rings. The number of halogens is 1. The molecule has 0 radical (unpaired) electrons. The third kappa shape index (κ3) is 2.98. The lowest BCUT2D eigenvalue weighted by atomic mass is 10.1. The lowest BCUT2D eigenvalue weighted by molar-refractivity contribution is -0.385. The molecule has 0 atom stereocenters. The highest BCUT2D eigenvalue weighted by Crippen LogP contribution is 2.33. The van der Waals surface area contributed by atoms with E-state index in [-0.39, 0.29) is 17.2 Å². The Hall–Kier alpha value is -2.68. The van der Waals surface area contributed by atoms with Crippen LogP contribution >= 0.6 is 15.9 Å². The van der Waals surface area contributed by atoms with Gasteiger partial charge in [-0.05, 0) is 34.1 Å². The van der Waals surface area contributed by atoms with Crippen LogP contribution in [0.15, 0.2) is 40.0 Å². The fraction of sp³-hybridized carbons (Fsp3) is 0.0769. The van der Waals surface area contributed by atoms with Crippen LogP contribution in [0.2, 0.25) is 0 Å². The molecule has 0 amide bonds. The fourth-order valence-electron chi connectivity index (χ4n) is 1.80. The summed E-state index contributed by atoms with van der Waals surface area (Å²) in [5.74, 6) is 5.61. The van der Waals surface area contributed by atoms with Crippen molar-refractivity contribution in [1.82, 2.24) is 4.98 Å². The standard InChI is InChI=1S/C13H11BrN4O4/c1-22-12-4-8(9(14)5-11(12)19)13(17-15)10-3-2-7(6-16-10)18(20)21/h2-6,19H,15H2,1H3/b17-13+. The van der Waals surface area contributed by atoms with Crippen LogP contribution in [0.1, 0.15) is 11.3 Å². The average molecular weight is 367 g/mol. The maximum Gasteiger partial charge on any atom is 0.287 e. The summed E-state index contributed by atoms with van der Waals surface area (Å²) in [6, 6.07) is 5.72. The molecule has 3 N–H and O–H groups in total. The van der Waals surface area contributed by atoms with E-state index in [1.165, 1.54) is 31.4 Å². The molecule has 0 bridgehead atoms. The molecule has 1 aromatic heterocycles. The zero-order valence-corrected chi connectivity index (χ0v) is 12.9. The molecular weight excluding hydrogens is 356 g/mol. The number of benzene rings is 1. The Labute approximate surface area is 133 Å². The summed E-state index contributed by atoms with van der Waals surface area (Å²) >= 11 is 3.30. The van der Waals surface area contributed by atoms with Crippen LogP contribution in [0, 0.1) is 10.1 Å². The molecule has 0 aliphatic carbocycles. The van der Waals surface area contributed by atoms with Crippen LogP contribution in [0.3, 0.4) is 0 Å². The Morgan fingerprint density at radius 1 is 1.50 bits per heavy atom. The number of aromatic nitrogens is 1. The monoisotopic (exact) mass is 366 g/mol. The van der Waals surface area contributed by atoms with Gasteiger partial charge in [0, 0.05) is 16.1 Å². The molecule has 0 spiro atoms. The summed E-state index contributed by atoms with van der Waals surface area (Å²) in [5, 5.41) is 24.1. The van der Waals surface area contributed by atoms with Crippen LogP contribution in [0.5, 0.6) is 11.5 Å². The number of rotatable bonds is 4. The molecule has 22 heavy (non-hydrogen) atoms. The van der Waals surface area contributed by atoms with Gasteiger partial charge in [-0.3, -0.25) is 10.1 Å². The van der Waals surface area contributed by atoms with Crippen LogP contribution in [-0.4, -0.2) is 27.8 Å². The van der Waals surface area contributed by atoms with Crippen molar-refractivity contribution in [1.29, 1.82) is 0 Å². The number of phenolic OH excluding ortho intramolecular Hbond substituents is 1. The molecule has 9 heteroatoms. The number of phenols is 1. The highest BCUT2D eigenvalue weighted by atomic mass is 79.9. The molecule has 0 saturated heterocycles. The van der Waals surface area contributed by atoms with Crippen molar-refractivity contribution in [3.63, 3.8) is 0 Å². The number of methoxy groups -OCH3 is 1. The van der Waals surface area contributed by atoms with Gasteiger partial charge in [-0.2, -0.15) is 5.10 Å². The third-order valence-electron chi connectivity index (χ3n) is 2.85. The van der Waals surface area contributed by atoms with E-state index in [1.807, 2.05) is 0 Å². The lowest BCUT2D eigenvalue weighted by Gasteiger charge is -2.10. The van der Waals surface area contributed by atoms with E-state index in [2.05, 4.69) is 26.0 Å². The van der Waals surface area contributed by atoms with Gasteiger partial charge in [0.1, 0.15) is 11.9 Å². The maximum absolute atomic E-state index is 10.7. The van der Waals surface area contributed by atoms with Crippen molar-refractivity contribution in [3.8, 4) is 11.5 Å². The number of hydrogen-bond donors (Lipinski definition) is 2. The van der Waals surface area contributed by atoms with Gasteiger partial charge >= 0.3 is 0 Å². The summed E-state index contributed by atoms with van der Waals surface area (Å²) in [7, 11) is 1.41. The van der Waals surface area contributed by atoms with Crippen LogP contribution in [-0.2, 0) is 0 Å². The molecule has 0 fully saturated rings. The van der Waals surface area contributed by atoms with Crippen molar-refractivity contribution >= 4 is 27.3 Å². The molecule has 0 aliphatic heterocycles. The fourth-order valence-corrected chi connectivity index (χ4v) is 2.31. The van der Waals surface area contributed by atoms with Crippen molar-refractivity contribution in [2.24, 2.45) is 10.9 Å². The first-order valence-electron chi connectivity index (χ1n) is 5.93. The molecule has 0 saturated carbocycles. The second kappa shape index (κ2) is 6.39. The molecule has 8 nitrogen and oxygen atoms in total. The molecule has 2 rings (SSSR count). The second-order valence-corrected chi connectivity index (χ2v) is 4.99. The second-order valence-electron chi connectivity index (χ2n) is 4.14. The Balaban J connectivity index is 2.51. The predicted octanol–water partition coefficient (Wildman–Crippen LogP) is 2.18. The SMILES string of the molecule is COc1cc(/C(=N\N)c2ccc([N+](=O)[O-])cn2)c(Br)cc1O. The summed E-state index contributed by atoms with van der Waals surface area (Å²) < 4.78 is 5.57.